The van der Waals surface area contributed by atoms with Crippen molar-refractivity contribution in [2.45, 2.75) is 24.9 Å². The SMILES string of the molecule is CN1CCN(Cc2cc(CCCN)c(Nc3cc(NCCSC(F)(F)F)c(C#N)cn3)nc2C=O)C(=O)C1. The highest BCUT2D eigenvalue weighted by molar-refractivity contribution is 8.00. The number of hydrogen-bond donors (Lipinski definition) is 3. The normalized spacial score (nSPS) is 14.3. The summed E-state index contributed by atoms with van der Waals surface area (Å²) >= 11 is -0.156. The number of nitrogens with one attached hydrogen (secondary N) is 2. The van der Waals surface area contributed by atoms with E-state index in [1.165, 1.54) is 12.3 Å². The topological polar surface area (TPSA) is 140 Å². The van der Waals surface area contributed by atoms with E-state index in [1.54, 1.807) is 4.90 Å². The Hall–Kier alpha value is -3.41. The second-order valence-electron chi connectivity index (χ2n) is 8.68. The van der Waals surface area contributed by atoms with Gasteiger partial charge in [-0.2, -0.15) is 18.4 Å². The Labute approximate surface area is 222 Å². The summed E-state index contributed by atoms with van der Waals surface area (Å²) in [5.74, 6) is 0.390. The number of halogens is 3. The second-order valence-corrected chi connectivity index (χ2v) is 9.84. The Balaban J connectivity index is 1.84. The van der Waals surface area contributed by atoms with Crippen molar-refractivity contribution in [2.75, 3.05) is 56.2 Å². The fraction of sp³-hybridized carbons (Fsp3) is 0.458. The van der Waals surface area contributed by atoms with Gasteiger partial charge < -0.3 is 21.3 Å². The van der Waals surface area contributed by atoms with Crippen LogP contribution in [-0.2, 0) is 17.8 Å². The molecule has 0 spiro atoms. The lowest BCUT2D eigenvalue weighted by atomic mass is 10.0. The number of carbonyl (C=O) groups excluding carboxylic acids is 2. The molecule has 0 aliphatic carbocycles. The predicted molar refractivity (Wildman–Crippen MR) is 139 cm³/mol. The first-order valence-corrected chi connectivity index (χ1v) is 12.9. The maximum Gasteiger partial charge on any atom is 0.441 e. The molecule has 0 aromatic carbocycles. The molecule has 204 valence electrons. The van der Waals surface area contributed by atoms with Crippen LogP contribution in [0.15, 0.2) is 18.3 Å². The third-order valence-electron chi connectivity index (χ3n) is 5.80. The van der Waals surface area contributed by atoms with Crippen molar-refractivity contribution in [1.82, 2.24) is 19.8 Å². The summed E-state index contributed by atoms with van der Waals surface area (Å²) in [5, 5.41) is 15.3. The van der Waals surface area contributed by atoms with Crippen molar-refractivity contribution in [3.05, 3.63) is 40.7 Å². The van der Waals surface area contributed by atoms with Gasteiger partial charge in [0.2, 0.25) is 5.91 Å². The molecule has 1 aliphatic rings. The van der Waals surface area contributed by atoms with Gasteiger partial charge in [-0.15, -0.1) is 0 Å². The van der Waals surface area contributed by atoms with Gasteiger partial charge in [-0.05, 0) is 49.8 Å². The maximum atomic E-state index is 12.5. The summed E-state index contributed by atoms with van der Waals surface area (Å²) in [5.41, 5.74) is 3.42. The molecule has 0 bridgehead atoms. The number of piperazine rings is 1. The fourth-order valence-electron chi connectivity index (χ4n) is 3.87. The monoisotopic (exact) mass is 550 g/mol. The smallest absolute Gasteiger partial charge is 0.383 e. The summed E-state index contributed by atoms with van der Waals surface area (Å²) < 4.78 is 37.3. The van der Waals surface area contributed by atoms with Gasteiger partial charge >= 0.3 is 5.51 Å². The number of likely N-dealkylation sites (N-methyl/N-ethyl adjacent to an activating group) is 1. The lowest BCUT2D eigenvalue weighted by Crippen LogP contribution is -2.48. The van der Waals surface area contributed by atoms with Gasteiger partial charge in [-0.25, -0.2) is 9.97 Å². The number of alkyl halides is 3. The second kappa shape index (κ2) is 13.4. The standard InChI is InChI=1S/C24H29F3N8O2S/c1-34-6-7-35(22(37)14-34)13-17-9-16(3-2-4-28)23(32-20(17)15-36)33-21-10-19(18(11-29)12-31-21)30-5-8-38-24(25,26)27/h9-10,12,15H,2-8,13-14,28H2,1H3,(H2,30,31,32,33). The van der Waals surface area contributed by atoms with Gasteiger partial charge in [0, 0.05) is 49.8 Å². The minimum absolute atomic E-state index is 0.0166. The highest BCUT2D eigenvalue weighted by Gasteiger charge is 2.27. The Morgan fingerprint density at radius 3 is 2.74 bits per heavy atom. The molecular weight excluding hydrogens is 521 g/mol. The number of aromatic nitrogens is 2. The van der Waals surface area contributed by atoms with Crippen molar-refractivity contribution >= 4 is 41.3 Å². The number of aldehydes is 1. The first-order valence-electron chi connectivity index (χ1n) is 11.9. The number of hydrogen-bond acceptors (Lipinski definition) is 10. The largest absolute Gasteiger partial charge is 0.441 e. The number of amides is 1. The Bertz CT molecular complexity index is 1190. The summed E-state index contributed by atoms with van der Waals surface area (Å²) in [7, 11) is 1.87. The molecule has 2 aromatic rings. The highest BCUT2D eigenvalue weighted by atomic mass is 32.2. The van der Waals surface area contributed by atoms with Crippen molar-refractivity contribution < 1.29 is 22.8 Å². The quantitative estimate of drug-likeness (QED) is 0.267. The number of rotatable bonds is 12. The molecule has 4 N–H and O–H groups in total. The number of aryl methyl sites for hydroxylation is 1. The molecule has 38 heavy (non-hydrogen) atoms. The molecule has 0 radical (unpaired) electrons. The van der Waals surface area contributed by atoms with Crippen LogP contribution >= 0.6 is 11.8 Å². The Kier molecular flexibility index (Phi) is 10.3. The number of nitrogens with two attached hydrogens (primary N) is 1. The summed E-state index contributed by atoms with van der Waals surface area (Å²) in [6.07, 6.45) is 3.12. The fourth-order valence-corrected chi connectivity index (χ4v) is 4.30. The molecule has 1 aliphatic heterocycles. The van der Waals surface area contributed by atoms with Gasteiger partial charge in [0.05, 0.1) is 17.8 Å². The van der Waals surface area contributed by atoms with Crippen LogP contribution in [0, 0.1) is 11.3 Å². The minimum Gasteiger partial charge on any atom is -0.383 e. The third-order valence-corrected chi connectivity index (χ3v) is 6.54. The van der Waals surface area contributed by atoms with Crippen molar-refractivity contribution in [3.8, 4) is 6.07 Å². The average molecular weight is 551 g/mol. The molecule has 3 rings (SSSR count). The van der Waals surface area contributed by atoms with Crippen molar-refractivity contribution in [1.29, 1.82) is 5.26 Å². The third kappa shape index (κ3) is 8.30. The van der Waals surface area contributed by atoms with E-state index in [4.69, 9.17) is 5.73 Å². The average Bonchev–Trinajstić information content (AvgIpc) is 2.87. The lowest BCUT2D eigenvalue weighted by molar-refractivity contribution is -0.136. The first-order chi connectivity index (χ1) is 18.1. The molecule has 2 aromatic heterocycles. The molecule has 1 saturated heterocycles. The summed E-state index contributed by atoms with van der Waals surface area (Å²) in [4.78, 5) is 36.7. The molecule has 1 amide bonds. The number of nitrogens with zero attached hydrogens (tertiary/aromatic N) is 5. The Morgan fingerprint density at radius 2 is 2.08 bits per heavy atom. The Morgan fingerprint density at radius 1 is 1.29 bits per heavy atom. The zero-order valence-electron chi connectivity index (χ0n) is 20.8. The minimum atomic E-state index is -4.34. The number of anilines is 3. The van der Waals surface area contributed by atoms with Crippen LogP contribution in [0.5, 0.6) is 0 Å². The lowest BCUT2D eigenvalue weighted by Gasteiger charge is -2.32. The van der Waals surface area contributed by atoms with E-state index in [9.17, 15) is 28.0 Å². The molecular formula is C24H29F3N8O2S. The van der Waals surface area contributed by atoms with Crippen molar-refractivity contribution in [2.24, 2.45) is 5.73 Å². The van der Waals surface area contributed by atoms with Crippen LogP contribution < -0.4 is 16.4 Å². The van der Waals surface area contributed by atoms with Crippen LogP contribution in [0.4, 0.5) is 30.5 Å². The molecule has 0 unspecified atom stereocenters. The summed E-state index contributed by atoms with van der Waals surface area (Å²) in [6, 6.07) is 5.29. The molecule has 14 heteroatoms. The van der Waals surface area contributed by atoms with E-state index in [0.717, 1.165) is 12.1 Å². The van der Waals surface area contributed by atoms with E-state index in [2.05, 4.69) is 20.6 Å². The molecule has 0 saturated carbocycles. The molecule has 0 atom stereocenters. The van der Waals surface area contributed by atoms with Crippen LogP contribution in [0.3, 0.4) is 0 Å². The van der Waals surface area contributed by atoms with Crippen LogP contribution in [0.1, 0.15) is 33.6 Å². The number of carbonyl (C=O) groups is 2. The van der Waals surface area contributed by atoms with E-state index < -0.39 is 5.51 Å². The number of nitriles is 1. The molecule has 10 nitrogen and oxygen atoms in total. The van der Waals surface area contributed by atoms with Gasteiger partial charge in [0.15, 0.2) is 6.29 Å². The van der Waals surface area contributed by atoms with E-state index in [0.29, 0.717) is 55.8 Å². The maximum absolute atomic E-state index is 12.5. The van der Waals surface area contributed by atoms with Gasteiger partial charge in [0.25, 0.3) is 0 Å². The van der Waals surface area contributed by atoms with E-state index in [-0.39, 0.29) is 53.6 Å². The zero-order chi connectivity index (χ0) is 27.7. The molecule has 3 heterocycles. The number of pyridine rings is 2. The van der Waals surface area contributed by atoms with Crippen molar-refractivity contribution in [3.63, 3.8) is 0 Å². The highest BCUT2D eigenvalue weighted by Crippen LogP contribution is 2.30. The molecule has 1 fully saturated rings. The van der Waals surface area contributed by atoms with E-state index >= 15 is 0 Å². The number of thioether (sulfide) groups is 1. The summed E-state index contributed by atoms with van der Waals surface area (Å²) in [6.45, 7) is 2.24. The zero-order valence-corrected chi connectivity index (χ0v) is 21.7. The van der Waals surface area contributed by atoms with Gasteiger partial charge in [-0.1, -0.05) is 0 Å². The predicted octanol–water partition coefficient (Wildman–Crippen LogP) is 2.73. The van der Waals surface area contributed by atoms with Gasteiger partial charge in [-0.3, -0.25) is 14.5 Å². The van der Waals surface area contributed by atoms with Crippen LogP contribution in [-0.4, -0.2) is 83.0 Å². The van der Waals surface area contributed by atoms with E-state index in [1.807, 2.05) is 24.1 Å². The first kappa shape index (κ1) is 29.2. The van der Waals surface area contributed by atoms with Crippen LogP contribution in [0.2, 0.25) is 0 Å². The van der Waals surface area contributed by atoms with Crippen LogP contribution in [0.25, 0.3) is 0 Å². The van der Waals surface area contributed by atoms with Gasteiger partial charge in [0.1, 0.15) is 23.4 Å².